The molecular weight excluding hydrogens is 302 g/mol. The Morgan fingerprint density at radius 3 is 3.05 bits per heavy atom. The highest BCUT2D eigenvalue weighted by atomic mass is 35.5. The summed E-state index contributed by atoms with van der Waals surface area (Å²) in [5, 5.41) is 6.84. The van der Waals surface area contributed by atoms with Gasteiger partial charge in [0.15, 0.2) is 0 Å². The van der Waals surface area contributed by atoms with Gasteiger partial charge in [-0.15, -0.1) is 0 Å². The van der Waals surface area contributed by atoms with Crippen LogP contribution in [0.3, 0.4) is 0 Å². The highest BCUT2D eigenvalue weighted by Gasteiger charge is 2.19. The van der Waals surface area contributed by atoms with Gasteiger partial charge < -0.3 is 15.4 Å². The molecule has 1 amide bonds. The van der Waals surface area contributed by atoms with E-state index in [9.17, 15) is 4.79 Å². The van der Waals surface area contributed by atoms with E-state index >= 15 is 0 Å². The summed E-state index contributed by atoms with van der Waals surface area (Å²) >= 11 is 5.98. The van der Waals surface area contributed by atoms with Gasteiger partial charge in [0.1, 0.15) is 5.75 Å². The standard InChI is InChI=1S/C16H24ClN3O2/c1-20(13-4-3-8-18-9-7-13)11-16(21)19-14-10-12(17)5-6-15(14)22-2/h5-6,10,13,18H,3-4,7-9,11H2,1-2H3,(H,19,21). The highest BCUT2D eigenvalue weighted by Crippen LogP contribution is 2.27. The molecule has 1 fully saturated rings. The number of carbonyl (C=O) groups excluding carboxylic acids is 1. The van der Waals surface area contributed by atoms with Crippen molar-refractivity contribution in [3.05, 3.63) is 23.2 Å². The van der Waals surface area contributed by atoms with Crippen molar-refractivity contribution in [3.63, 3.8) is 0 Å². The number of hydrogen-bond donors (Lipinski definition) is 2. The number of rotatable bonds is 5. The fraction of sp³-hybridized carbons (Fsp3) is 0.562. The fourth-order valence-electron chi connectivity index (χ4n) is 2.76. The van der Waals surface area contributed by atoms with Crippen LogP contribution in [0.15, 0.2) is 18.2 Å². The van der Waals surface area contributed by atoms with E-state index in [2.05, 4.69) is 15.5 Å². The van der Waals surface area contributed by atoms with E-state index in [1.165, 1.54) is 0 Å². The van der Waals surface area contributed by atoms with E-state index < -0.39 is 0 Å². The second-order valence-corrected chi connectivity index (χ2v) is 6.08. The summed E-state index contributed by atoms with van der Waals surface area (Å²) in [7, 11) is 3.58. The molecule has 1 aromatic rings. The number of ether oxygens (including phenoxy) is 1. The molecule has 1 heterocycles. The van der Waals surface area contributed by atoms with Crippen molar-refractivity contribution in [2.45, 2.75) is 25.3 Å². The highest BCUT2D eigenvalue weighted by molar-refractivity contribution is 6.31. The molecule has 2 N–H and O–H groups in total. The van der Waals surface area contributed by atoms with Gasteiger partial charge >= 0.3 is 0 Å². The van der Waals surface area contributed by atoms with Crippen LogP contribution in [0.25, 0.3) is 0 Å². The van der Waals surface area contributed by atoms with Gasteiger partial charge in [0, 0.05) is 11.1 Å². The number of amides is 1. The van der Waals surface area contributed by atoms with Gasteiger partial charge in [-0.05, 0) is 57.6 Å². The molecule has 1 aliphatic rings. The van der Waals surface area contributed by atoms with Gasteiger partial charge in [-0.25, -0.2) is 0 Å². The lowest BCUT2D eigenvalue weighted by Gasteiger charge is -2.26. The summed E-state index contributed by atoms with van der Waals surface area (Å²) in [6.07, 6.45) is 3.35. The number of anilines is 1. The molecule has 1 aromatic carbocycles. The zero-order valence-electron chi connectivity index (χ0n) is 13.2. The maximum absolute atomic E-state index is 12.3. The predicted octanol–water partition coefficient (Wildman–Crippen LogP) is 2.36. The second kappa shape index (κ2) is 8.36. The summed E-state index contributed by atoms with van der Waals surface area (Å²) in [6.45, 7) is 2.44. The molecule has 1 unspecified atom stereocenters. The van der Waals surface area contributed by atoms with E-state index in [0.717, 1.165) is 32.4 Å². The van der Waals surface area contributed by atoms with Gasteiger partial charge in [0.25, 0.3) is 0 Å². The Hall–Kier alpha value is -1.30. The molecule has 5 nitrogen and oxygen atoms in total. The SMILES string of the molecule is COc1ccc(Cl)cc1NC(=O)CN(C)C1CCCNCC1. The molecule has 0 bridgehead atoms. The molecule has 2 rings (SSSR count). The van der Waals surface area contributed by atoms with Crippen LogP contribution in [0, 0.1) is 0 Å². The Labute approximate surface area is 137 Å². The van der Waals surface area contributed by atoms with Gasteiger partial charge in [0.2, 0.25) is 5.91 Å². The van der Waals surface area contributed by atoms with Crippen LogP contribution in [0.2, 0.25) is 5.02 Å². The van der Waals surface area contributed by atoms with Crippen molar-refractivity contribution in [1.29, 1.82) is 0 Å². The molecule has 1 aliphatic heterocycles. The Kier molecular flexibility index (Phi) is 6.49. The summed E-state index contributed by atoms with van der Waals surface area (Å²) in [5.41, 5.74) is 0.607. The third-order valence-electron chi connectivity index (χ3n) is 4.00. The number of hydrogen-bond acceptors (Lipinski definition) is 4. The zero-order valence-corrected chi connectivity index (χ0v) is 13.9. The van der Waals surface area contributed by atoms with Crippen molar-refractivity contribution >= 4 is 23.2 Å². The maximum atomic E-state index is 12.3. The van der Waals surface area contributed by atoms with Crippen molar-refractivity contribution in [2.24, 2.45) is 0 Å². The minimum absolute atomic E-state index is 0.0553. The topological polar surface area (TPSA) is 53.6 Å². The average molecular weight is 326 g/mol. The predicted molar refractivity (Wildman–Crippen MR) is 89.8 cm³/mol. The van der Waals surface area contributed by atoms with Crippen LogP contribution >= 0.6 is 11.6 Å². The first kappa shape index (κ1) is 17.1. The molecule has 0 spiro atoms. The second-order valence-electron chi connectivity index (χ2n) is 5.64. The first-order valence-corrected chi connectivity index (χ1v) is 8.02. The van der Waals surface area contributed by atoms with E-state index in [1.54, 1.807) is 25.3 Å². The third kappa shape index (κ3) is 4.87. The lowest BCUT2D eigenvalue weighted by molar-refractivity contribution is -0.117. The summed E-state index contributed by atoms with van der Waals surface area (Å²) in [5.74, 6) is 0.555. The molecule has 0 saturated carbocycles. The fourth-order valence-corrected chi connectivity index (χ4v) is 2.94. The number of nitrogens with zero attached hydrogens (tertiary/aromatic N) is 1. The first-order valence-electron chi connectivity index (χ1n) is 7.64. The summed E-state index contributed by atoms with van der Waals surface area (Å²) in [6, 6.07) is 5.63. The van der Waals surface area contributed by atoms with Gasteiger partial charge in [0.05, 0.1) is 19.3 Å². The van der Waals surface area contributed by atoms with Crippen LogP contribution in [0.5, 0.6) is 5.75 Å². The lowest BCUT2D eigenvalue weighted by atomic mass is 10.1. The maximum Gasteiger partial charge on any atom is 0.238 e. The smallest absolute Gasteiger partial charge is 0.238 e. The van der Waals surface area contributed by atoms with E-state index in [1.807, 2.05) is 7.05 Å². The Morgan fingerprint density at radius 1 is 1.45 bits per heavy atom. The number of benzene rings is 1. The Morgan fingerprint density at radius 2 is 2.27 bits per heavy atom. The minimum atomic E-state index is -0.0553. The molecule has 22 heavy (non-hydrogen) atoms. The Balaban J connectivity index is 1.93. The lowest BCUT2D eigenvalue weighted by Crippen LogP contribution is -2.38. The number of methoxy groups -OCH3 is 1. The molecule has 0 aliphatic carbocycles. The van der Waals surface area contributed by atoms with Crippen LogP contribution in [0.1, 0.15) is 19.3 Å². The van der Waals surface area contributed by atoms with Gasteiger partial charge in [-0.3, -0.25) is 9.69 Å². The largest absolute Gasteiger partial charge is 0.495 e. The zero-order chi connectivity index (χ0) is 15.9. The van der Waals surface area contributed by atoms with Crippen LogP contribution in [-0.4, -0.2) is 50.6 Å². The average Bonchev–Trinajstić information content (AvgIpc) is 2.76. The number of likely N-dealkylation sites (N-methyl/N-ethyl adjacent to an activating group) is 1. The quantitative estimate of drug-likeness (QED) is 0.872. The van der Waals surface area contributed by atoms with Crippen molar-refractivity contribution in [3.8, 4) is 5.75 Å². The molecule has 1 saturated heterocycles. The number of halogens is 1. The van der Waals surface area contributed by atoms with Crippen molar-refractivity contribution in [1.82, 2.24) is 10.2 Å². The normalized spacial score (nSPS) is 18.8. The summed E-state index contributed by atoms with van der Waals surface area (Å²) in [4.78, 5) is 14.4. The van der Waals surface area contributed by atoms with E-state index in [0.29, 0.717) is 29.0 Å². The number of nitrogens with one attached hydrogen (secondary N) is 2. The summed E-state index contributed by atoms with van der Waals surface area (Å²) < 4.78 is 5.24. The molecule has 1 atom stereocenters. The van der Waals surface area contributed by atoms with Crippen LogP contribution < -0.4 is 15.4 Å². The third-order valence-corrected chi connectivity index (χ3v) is 4.23. The van der Waals surface area contributed by atoms with Crippen LogP contribution in [0.4, 0.5) is 5.69 Å². The monoisotopic (exact) mass is 325 g/mol. The molecule has 0 radical (unpaired) electrons. The van der Waals surface area contributed by atoms with Crippen LogP contribution in [-0.2, 0) is 4.79 Å². The van der Waals surface area contributed by atoms with Gasteiger partial charge in [-0.2, -0.15) is 0 Å². The molecule has 122 valence electrons. The molecule has 0 aromatic heterocycles. The van der Waals surface area contributed by atoms with E-state index in [-0.39, 0.29) is 5.91 Å². The molecular formula is C16H24ClN3O2. The van der Waals surface area contributed by atoms with Crippen molar-refractivity contribution in [2.75, 3.05) is 39.1 Å². The Bertz CT molecular complexity index is 502. The number of carbonyl (C=O) groups is 1. The van der Waals surface area contributed by atoms with E-state index in [4.69, 9.17) is 16.3 Å². The van der Waals surface area contributed by atoms with Gasteiger partial charge in [-0.1, -0.05) is 11.6 Å². The minimum Gasteiger partial charge on any atom is -0.495 e. The first-order chi connectivity index (χ1) is 10.6. The van der Waals surface area contributed by atoms with Crippen molar-refractivity contribution < 1.29 is 9.53 Å². The molecule has 6 heteroatoms.